The number of ether oxygens (including phenoxy) is 2. The summed E-state index contributed by atoms with van der Waals surface area (Å²) in [5, 5.41) is 14.3. The first kappa shape index (κ1) is 24.6. The summed E-state index contributed by atoms with van der Waals surface area (Å²) in [4.78, 5) is 14.2. The highest BCUT2D eigenvalue weighted by Crippen LogP contribution is 2.28. The van der Waals surface area contributed by atoms with Crippen molar-refractivity contribution in [2.75, 3.05) is 31.6 Å². The number of carbonyl (C=O) groups is 1. The lowest BCUT2D eigenvalue weighted by atomic mass is 10.2. The Balaban J connectivity index is 1.44. The molecule has 1 saturated heterocycles. The van der Waals surface area contributed by atoms with Crippen molar-refractivity contribution in [2.45, 2.75) is 44.8 Å². The van der Waals surface area contributed by atoms with Gasteiger partial charge >= 0.3 is 0 Å². The summed E-state index contributed by atoms with van der Waals surface area (Å²) in [6, 6.07) is 12.5. The number of amides is 1. The number of halogens is 2. The average Bonchev–Trinajstić information content (AvgIpc) is 3.20. The molecule has 2 aromatic carbocycles. The standard InChI is InChI=1S/C24H30Cl2N2O4/c1-2-3-8-24(30)27-22-6-4-5-7-23(22)31-16-17(29)14-28-12-11-19(15-28)32-18-9-10-20(25)21(26)13-18/h4-7,9-10,13,17,19,29H,2-3,8,11-12,14-16H2,1H3,(H,27,30). The van der Waals surface area contributed by atoms with Crippen molar-refractivity contribution < 1.29 is 19.4 Å². The van der Waals surface area contributed by atoms with Crippen molar-refractivity contribution in [3.63, 3.8) is 0 Å². The first-order valence-corrected chi connectivity index (χ1v) is 11.7. The third kappa shape index (κ3) is 7.55. The maximum atomic E-state index is 12.0. The van der Waals surface area contributed by atoms with E-state index in [0.717, 1.165) is 25.8 Å². The lowest BCUT2D eigenvalue weighted by Gasteiger charge is -2.21. The SMILES string of the molecule is CCCCC(=O)Nc1ccccc1OCC(O)CN1CCC(Oc2ccc(Cl)c(Cl)c2)C1. The van der Waals surface area contributed by atoms with E-state index in [1.807, 2.05) is 19.1 Å². The van der Waals surface area contributed by atoms with Gasteiger partial charge in [-0.1, -0.05) is 48.7 Å². The van der Waals surface area contributed by atoms with Crippen LogP contribution >= 0.6 is 23.2 Å². The van der Waals surface area contributed by atoms with Crippen LogP contribution in [0.1, 0.15) is 32.6 Å². The minimum Gasteiger partial charge on any atom is -0.489 e. The lowest BCUT2D eigenvalue weighted by molar-refractivity contribution is -0.116. The quantitative estimate of drug-likeness (QED) is 0.472. The molecule has 0 aliphatic carbocycles. The zero-order chi connectivity index (χ0) is 22.9. The zero-order valence-corrected chi connectivity index (χ0v) is 19.7. The zero-order valence-electron chi connectivity index (χ0n) is 18.2. The molecular formula is C24H30Cl2N2O4. The van der Waals surface area contributed by atoms with Crippen molar-refractivity contribution >= 4 is 34.8 Å². The predicted octanol–water partition coefficient (Wildman–Crippen LogP) is 5.02. The molecule has 1 fully saturated rings. The molecular weight excluding hydrogens is 451 g/mol. The first-order valence-electron chi connectivity index (χ1n) is 11.0. The number of unbranched alkanes of at least 4 members (excludes halogenated alkanes) is 1. The molecule has 2 N–H and O–H groups in total. The van der Waals surface area contributed by atoms with Crippen LogP contribution in [0.4, 0.5) is 5.69 Å². The van der Waals surface area contributed by atoms with Gasteiger partial charge in [-0.3, -0.25) is 9.69 Å². The molecule has 6 nitrogen and oxygen atoms in total. The summed E-state index contributed by atoms with van der Waals surface area (Å²) in [5.41, 5.74) is 0.622. The van der Waals surface area contributed by atoms with Crippen molar-refractivity contribution in [1.29, 1.82) is 0 Å². The Morgan fingerprint density at radius 1 is 1.25 bits per heavy atom. The number of β-amino-alcohol motifs (C(OH)–C–C–N with tert-alkyl or cyclic N) is 1. The van der Waals surface area contributed by atoms with Crippen molar-refractivity contribution in [2.24, 2.45) is 0 Å². The van der Waals surface area contributed by atoms with E-state index < -0.39 is 6.10 Å². The normalized spacial score (nSPS) is 17.2. The number of hydrogen-bond acceptors (Lipinski definition) is 5. The van der Waals surface area contributed by atoms with Gasteiger partial charge in [-0.15, -0.1) is 0 Å². The maximum absolute atomic E-state index is 12.0. The molecule has 1 aliphatic heterocycles. The van der Waals surface area contributed by atoms with Crippen LogP contribution in [0, 0.1) is 0 Å². The largest absolute Gasteiger partial charge is 0.489 e. The number of hydrogen-bond donors (Lipinski definition) is 2. The minimum atomic E-state index is -0.664. The van der Waals surface area contributed by atoms with E-state index in [1.54, 1.807) is 30.3 Å². The predicted molar refractivity (Wildman–Crippen MR) is 128 cm³/mol. The van der Waals surface area contributed by atoms with E-state index in [4.69, 9.17) is 32.7 Å². The molecule has 174 valence electrons. The van der Waals surface area contributed by atoms with Crippen LogP contribution in [0.25, 0.3) is 0 Å². The average molecular weight is 481 g/mol. The van der Waals surface area contributed by atoms with Gasteiger partial charge in [0.05, 0.1) is 15.7 Å². The van der Waals surface area contributed by atoms with Gasteiger partial charge in [0, 0.05) is 32.1 Å². The number of benzene rings is 2. The summed E-state index contributed by atoms with van der Waals surface area (Å²) in [7, 11) is 0. The maximum Gasteiger partial charge on any atom is 0.224 e. The Kier molecular flexibility index (Phi) is 9.48. The van der Waals surface area contributed by atoms with Crippen LogP contribution in [0.15, 0.2) is 42.5 Å². The third-order valence-electron chi connectivity index (χ3n) is 5.24. The van der Waals surface area contributed by atoms with Gasteiger partial charge in [-0.25, -0.2) is 0 Å². The molecule has 32 heavy (non-hydrogen) atoms. The molecule has 0 radical (unpaired) electrons. The van der Waals surface area contributed by atoms with Crippen molar-refractivity contribution in [3.8, 4) is 11.5 Å². The fourth-order valence-electron chi connectivity index (χ4n) is 3.58. The Labute approximate surface area is 199 Å². The molecule has 0 bridgehead atoms. The second-order valence-electron chi connectivity index (χ2n) is 7.98. The van der Waals surface area contributed by atoms with E-state index in [0.29, 0.717) is 46.7 Å². The smallest absolute Gasteiger partial charge is 0.224 e. The highest BCUT2D eigenvalue weighted by Gasteiger charge is 2.26. The van der Waals surface area contributed by atoms with Gasteiger partial charge in [0.15, 0.2) is 0 Å². The van der Waals surface area contributed by atoms with E-state index in [2.05, 4.69) is 10.2 Å². The second kappa shape index (κ2) is 12.3. The number of aliphatic hydroxyl groups is 1. The Morgan fingerprint density at radius 2 is 2.06 bits per heavy atom. The Hall–Kier alpha value is -1.99. The Bertz CT molecular complexity index is 896. The molecule has 2 unspecified atom stereocenters. The molecule has 0 saturated carbocycles. The molecule has 0 spiro atoms. The number of para-hydroxylation sites is 2. The molecule has 3 rings (SSSR count). The van der Waals surface area contributed by atoms with Crippen LogP contribution in [0.5, 0.6) is 11.5 Å². The van der Waals surface area contributed by atoms with E-state index in [1.165, 1.54) is 0 Å². The highest BCUT2D eigenvalue weighted by molar-refractivity contribution is 6.42. The number of rotatable bonds is 11. The number of anilines is 1. The molecule has 0 aromatic heterocycles. The number of nitrogens with zero attached hydrogens (tertiary/aromatic N) is 1. The van der Waals surface area contributed by atoms with Gasteiger partial charge in [0.2, 0.25) is 5.91 Å². The topological polar surface area (TPSA) is 71.0 Å². The number of nitrogens with one attached hydrogen (secondary N) is 1. The highest BCUT2D eigenvalue weighted by atomic mass is 35.5. The van der Waals surface area contributed by atoms with E-state index in [9.17, 15) is 9.90 Å². The van der Waals surface area contributed by atoms with Gasteiger partial charge in [0.1, 0.15) is 30.3 Å². The fraction of sp³-hybridized carbons (Fsp3) is 0.458. The summed E-state index contributed by atoms with van der Waals surface area (Å²) < 4.78 is 11.8. The van der Waals surface area contributed by atoms with Gasteiger partial charge in [-0.05, 0) is 37.1 Å². The number of aliphatic hydroxyl groups excluding tert-OH is 1. The molecule has 2 atom stereocenters. The number of carbonyl (C=O) groups excluding carboxylic acids is 1. The fourth-order valence-corrected chi connectivity index (χ4v) is 3.87. The second-order valence-corrected chi connectivity index (χ2v) is 8.79. The molecule has 1 heterocycles. The molecule has 2 aromatic rings. The van der Waals surface area contributed by atoms with E-state index in [-0.39, 0.29) is 18.6 Å². The summed E-state index contributed by atoms with van der Waals surface area (Å²) in [6.45, 7) is 4.20. The van der Waals surface area contributed by atoms with Crippen LogP contribution in [-0.2, 0) is 4.79 Å². The molecule has 8 heteroatoms. The van der Waals surface area contributed by atoms with Crippen molar-refractivity contribution in [1.82, 2.24) is 4.90 Å². The van der Waals surface area contributed by atoms with Crippen LogP contribution in [-0.4, -0.2) is 54.4 Å². The summed E-state index contributed by atoms with van der Waals surface area (Å²) in [5.74, 6) is 1.21. The summed E-state index contributed by atoms with van der Waals surface area (Å²) >= 11 is 12.0. The van der Waals surface area contributed by atoms with Crippen LogP contribution in [0.3, 0.4) is 0 Å². The Morgan fingerprint density at radius 3 is 2.84 bits per heavy atom. The van der Waals surface area contributed by atoms with Gasteiger partial charge < -0.3 is 19.9 Å². The first-order chi connectivity index (χ1) is 15.4. The molecule has 1 amide bonds. The van der Waals surface area contributed by atoms with Gasteiger partial charge in [0.25, 0.3) is 0 Å². The molecule has 1 aliphatic rings. The van der Waals surface area contributed by atoms with E-state index >= 15 is 0 Å². The van der Waals surface area contributed by atoms with Crippen LogP contribution in [0.2, 0.25) is 10.0 Å². The van der Waals surface area contributed by atoms with Gasteiger partial charge in [-0.2, -0.15) is 0 Å². The lowest BCUT2D eigenvalue weighted by Crippen LogP contribution is -2.35. The minimum absolute atomic E-state index is 0.0272. The van der Waals surface area contributed by atoms with Crippen LogP contribution < -0.4 is 14.8 Å². The summed E-state index contributed by atoms with van der Waals surface area (Å²) in [6.07, 6.45) is 2.52. The van der Waals surface area contributed by atoms with Crippen molar-refractivity contribution in [3.05, 3.63) is 52.5 Å². The number of likely N-dealkylation sites (tertiary alicyclic amines) is 1. The monoisotopic (exact) mass is 480 g/mol. The third-order valence-corrected chi connectivity index (χ3v) is 5.98.